The van der Waals surface area contributed by atoms with Crippen LogP contribution >= 0.6 is 0 Å². The molecule has 0 bridgehead atoms. The number of hydrogen-bond donors (Lipinski definition) is 1. The van der Waals surface area contributed by atoms with E-state index < -0.39 is 11.7 Å². The predicted molar refractivity (Wildman–Crippen MR) is 85.2 cm³/mol. The SMILES string of the molecule is CC(CC(=O)N1CC2CCC(N)C2C1)c1ccc(C(F)(F)F)cc1. The van der Waals surface area contributed by atoms with Gasteiger partial charge in [0.05, 0.1) is 5.56 Å². The van der Waals surface area contributed by atoms with Gasteiger partial charge in [-0.2, -0.15) is 13.2 Å². The van der Waals surface area contributed by atoms with Crippen LogP contribution in [0.2, 0.25) is 0 Å². The van der Waals surface area contributed by atoms with Gasteiger partial charge in [-0.3, -0.25) is 4.79 Å². The minimum absolute atomic E-state index is 0.0731. The van der Waals surface area contributed by atoms with E-state index in [0.29, 0.717) is 18.3 Å². The highest BCUT2D eigenvalue weighted by Gasteiger charge is 2.42. The maximum Gasteiger partial charge on any atom is 0.416 e. The monoisotopic (exact) mass is 340 g/mol. The highest BCUT2D eigenvalue weighted by Crippen LogP contribution is 2.38. The van der Waals surface area contributed by atoms with Crippen molar-refractivity contribution in [2.24, 2.45) is 17.6 Å². The molecule has 0 radical (unpaired) electrons. The number of carbonyl (C=O) groups excluding carboxylic acids is 1. The summed E-state index contributed by atoms with van der Waals surface area (Å²) in [6, 6.07) is 5.29. The molecule has 0 spiro atoms. The Morgan fingerprint density at radius 1 is 1.25 bits per heavy atom. The molecule has 24 heavy (non-hydrogen) atoms. The largest absolute Gasteiger partial charge is 0.416 e. The Kier molecular flexibility index (Phi) is 4.60. The van der Waals surface area contributed by atoms with Gasteiger partial charge in [-0.15, -0.1) is 0 Å². The normalized spacial score (nSPS) is 28.0. The van der Waals surface area contributed by atoms with Crippen molar-refractivity contribution in [3.63, 3.8) is 0 Å². The third kappa shape index (κ3) is 3.43. The smallest absolute Gasteiger partial charge is 0.342 e. The lowest BCUT2D eigenvalue weighted by Gasteiger charge is -2.21. The first-order valence-corrected chi connectivity index (χ1v) is 8.46. The molecule has 1 aromatic rings. The van der Waals surface area contributed by atoms with Crippen molar-refractivity contribution in [1.82, 2.24) is 4.90 Å². The average Bonchev–Trinajstić information content (AvgIpc) is 3.09. The summed E-state index contributed by atoms with van der Waals surface area (Å²) >= 11 is 0. The van der Waals surface area contributed by atoms with E-state index in [1.807, 2.05) is 11.8 Å². The zero-order chi connectivity index (χ0) is 17.5. The van der Waals surface area contributed by atoms with E-state index in [0.717, 1.165) is 43.6 Å². The quantitative estimate of drug-likeness (QED) is 0.917. The second kappa shape index (κ2) is 6.39. The Balaban J connectivity index is 1.59. The Labute approximate surface area is 140 Å². The third-order valence-corrected chi connectivity index (χ3v) is 5.55. The Hall–Kier alpha value is -1.56. The molecule has 1 aromatic carbocycles. The second-order valence-electron chi connectivity index (χ2n) is 7.19. The predicted octanol–water partition coefficient (Wildman–Crippen LogP) is 3.39. The number of rotatable bonds is 3. The molecule has 1 aliphatic carbocycles. The highest BCUT2D eigenvalue weighted by molar-refractivity contribution is 5.77. The van der Waals surface area contributed by atoms with Gasteiger partial charge in [-0.25, -0.2) is 0 Å². The minimum Gasteiger partial charge on any atom is -0.342 e. The molecule has 2 aliphatic rings. The Bertz CT molecular complexity index is 599. The van der Waals surface area contributed by atoms with Gasteiger partial charge in [-0.1, -0.05) is 19.1 Å². The number of amides is 1. The zero-order valence-electron chi connectivity index (χ0n) is 13.7. The number of carbonyl (C=O) groups is 1. The van der Waals surface area contributed by atoms with E-state index in [4.69, 9.17) is 5.73 Å². The molecule has 1 saturated heterocycles. The summed E-state index contributed by atoms with van der Waals surface area (Å²) < 4.78 is 37.8. The summed E-state index contributed by atoms with van der Waals surface area (Å²) in [6.45, 7) is 3.38. The van der Waals surface area contributed by atoms with Crippen LogP contribution in [0.25, 0.3) is 0 Å². The second-order valence-corrected chi connectivity index (χ2v) is 7.19. The molecule has 2 N–H and O–H groups in total. The first-order valence-electron chi connectivity index (χ1n) is 8.46. The molecular weight excluding hydrogens is 317 g/mol. The van der Waals surface area contributed by atoms with Crippen molar-refractivity contribution >= 4 is 5.91 Å². The molecule has 1 heterocycles. The molecule has 4 unspecified atom stereocenters. The van der Waals surface area contributed by atoms with E-state index in [9.17, 15) is 18.0 Å². The lowest BCUT2D eigenvalue weighted by molar-refractivity contribution is -0.137. The summed E-state index contributed by atoms with van der Waals surface area (Å²) in [4.78, 5) is 14.4. The highest BCUT2D eigenvalue weighted by atomic mass is 19.4. The topological polar surface area (TPSA) is 46.3 Å². The van der Waals surface area contributed by atoms with Gasteiger partial charge in [0.15, 0.2) is 0 Å². The molecule has 1 amide bonds. The molecular formula is C18H23F3N2O. The summed E-state index contributed by atoms with van der Waals surface area (Å²) in [5.41, 5.74) is 6.19. The van der Waals surface area contributed by atoms with Crippen molar-refractivity contribution in [3.8, 4) is 0 Å². The van der Waals surface area contributed by atoms with Crippen molar-refractivity contribution in [2.45, 2.75) is 44.3 Å². The number of likely N-dealkylation sites (tertiary alicyclic amines) is 1. The third-order valence-electron chi connectivity index (χ3n) is 5.55. The van der Waals surface area contributed by atoms with Gasteiger partial charge in [-0.05, 0) is 48.3 Å². The van der Waals surface area contributed by atoms with Gasteiger partial charge in [0.1, 0.15) is 0 Å². The molecule has 1 aliphatic heterocycles. The van der Waals surface area contributed by atoms with E-state index in [-0.39, 0.29) is 17.9 Å². The standard InChI is InChI=1S/C18H23F3N2O/c1-11(12-2-5-14(6-3-12)18(19,20)21)8-17(24)23-9-13-4-7-16(22)15(13)10-23/h2-3,5-6,11,13,15-16H,4,7-10,22H2,1H3. The fraction of sp³-hybridized carbons (Fsp3) is 0.611. The lowest BCUT2D eigenvalue weighted by Crippen LogP contribution is -2.33. The lowest BCUT2D eigenvalue weighted by atomic mass is 9.96. The molecule has 132 valence electrons. The number of alkyl halides is 3. The Morgan fingerprint density at radius 2 is 1.92 bits per heavy atom. The van der Waals surface area contributed by atoms with Crippen LogP contribution in [0.3, 0.4) is 0 Å². The molecule has 3 nitrogen and oxygen atoms in total. The van der Waals surface area contributed by atoms with E-state index >= 15 is 0 Å². The van der Waals surface area contributed by atoms with Crippen LogP contribution in [0.1, 0.15) is 43.2 Å². The summed E-state index contributed by atoms with van der Waals surface area (Å²) in [5.74, 6) is 0.901. The first kappa shape index (κ1) is 17.3. The number of fused-ring (bicyclic) bond motifs is 1. The molecule has 1 saturated carbocycles. The number of halogens is 3. The first-order chi connectivity index (χ1) is 11.3. The number of benzene rings is 1. The van der Waals surface area contributed by atoms with Crippen LogP contribution in [0.4, 0.5) is 13.2 Å². The van der Waals surface area contributed by atoms with Crippen LogP contribution in [0, 0.1) is 11.8 Å². The fourth-order valence-corrected chi connectivity index (χ4v) is 4.02. The molecule has 6 heteroatoms. The van der Waals surface area contributed by atoms with E-state index in [1.54, 1.807) is 0 Å². The Morgan fingerprint density at radius 3 is 2.50 bits per heavy atom. The van der Waals surface area contributed by atoms with E-state index in [2.05, 4.69) is 0 Å². The number of hydrogen-bond acceptors (Lipinski definition) is 2. The van der Waals surface area contributed by atoms with Gasteiger partial charge < -0.3 is 10.6 Å². The van der Waals surface area contributed by atoms with Gasteiger partial charge in [0.2, 0.25) is 5.91 Å². The van der Waals surface area contributed by atoms with Gasteiger partial charge >= 0.3 is 6.18 Å². The van der Waals surface area contributed by atoms with Crippen LogP contribution in [-0.2, 0) is 11.0 Å². The van der Waals surface area contributed by atoms with Gasteiger partial charge in [0.25, 0.3) is 0 Å². The zero-order valence-corrected chi connectivity index (χ0v) is 13.7. The summed E-state index contributed by atoms with van der Waals surface area (Å²) in [5, 5.41) is 0. The van der Waals surface area contributed by atoms with Crippen LogP contribution in [0.5, 0.6) is 0 Å². The van der Waals surface area contributed by atoms with Gasteiger partial charge in [0, 0.05) is 25.6 Å². The molecule has 3 rings (SSSR count). The van der Waals surface area contributed by atoms with E-state index in [1.165, 1.54) is 12.1 Å². The maximum atomic E-state index is 12.6. The fourth-order valence-electron chi connectivity index (χ4n) is 4.02. The maximum absolute atomic E-state index is 12.6. The summed E-state index contributed by atoms with van der Waals surface area (Å²) in [6.07, 6.45) is -1.88. The summed E-state index contributed by atoms with van der Waals surface area (Å²) in [7, 11) is 0. The number of nitrogens with zero attached hydrogens (tertiary/aromatic N) is 1. The van der Waals surface area contributed by atoms with Crippen molar-refractivity contribution in [1.29, 1.82) is 0 Å². The van der Waals surface area contributed by atoms with Crippen molar-refractivity contribution < 1.29 is 18.0 Å². The van der Waals surface area contributed by atoms with Crippen molar-refractivity contribution in [3.05, 3.63) is 35.4 Å². The van der Waals surface area contributed by atoms with Crippen molar-refractivity contribution in [2.75, 3.05) is 13.1 Å². The molecule has 2 fully saturated rings. The molecule has 4 atom stereocenters. The minimum atomic E-state index is -4.33. The van der Waals surface area contributed by atoms with Crippen LogP contribution in [0.15, 0.2) is 24.3 Å². The average molecular weight is 340 g/mol. The molecule has 0 aromatic heterocycles. The number of nitrogens with two attached hydrogens (primary N) is 1. The van der Waals surface area contributed by atoms with Crippen LogP contribution < -0.4 is 5.73 Å². The van der Waals surface area contributed by atoms with Crippen LogP contribution in [-0.4, -0.2) is 29.9 Å².